The van der Waals surface area contributed by atoms with Crippen molar-refractivity contribution < 1.29 is 9.59 Å². The Kier molecular flexibility index (Phi) is 9.22. The van der Waals surface area contributed by atoms with Gasteiger partial charge in [0.25, 0.3) is 0 Å². The number of unbranched alkanes of at least 4 members (excludes halogenated alkanes) is 3. The minimum Gasteiger partial charge on any atom is -0.294 e. The standard InChI is InChI=1S/C25H30O2S/c1-4-5-6-8-13-22(25(27)21-14-16-23(28-3)17-15-21)18-19(2)24(26)20-11-9-7-10-12-20/h7,9-12,14-19H,4-6,8,13H2,1-3H3. The van der Waals surface area contributed by atoms with E-state index >= 15 is 0 Å². The second-order valence-corrected chi connectivity index (χ2v) is 7.96. The minimum atomic E-state index is -0.321. The van der Waals surface area contributed by atoms with Crippen LogP contribution in [0.15, 0.2) is 71.1 Å². The molecule has 0 spiro atoms. The van der Waals surface area contributed by atoms with Crippen molar-refractivity contribution in [1.82, 2.24) is 0 Å². The van der Waals surface area contributed by atoms with Crippen LogP contribution in [0.5, 0.6) is 0 Å². The van der Waals surface area contributed by atoms with Crippen LogP contribution in [-0.2, 0) is 0 Å². The molecule has 0 amide bonds. The number of thioether (sulfide) groups is 1. The normalized spacial score (nSPS) is 12.6. The molecule has 0 aliphatic rings. The number of Topliss-reactive ketones (excluding diaryl/α,β-unsaturated/α-hetero) is 2. The molecule has 2 nitrogen and oxygen atoms in total. The molecule has 2 rings (SSSR count). The Bertz CT molecular complexity index is 791. The van der Waals surface area contributed by atoms with Gasteiger partial charge in [0, 0.05) is 21.9 Å². The molecule has 0 aromatic heterocycles. The van der Waals surface area contributed by atoms with Gasteiger partial charge in [0.1, 0.15) is 0 Å². The van der Waals surface area contributed by atoms with Crippen molar-refractivity contribution in [2.24, 2.45) is 5.92 Å². The summed E-state index contributed by atoms with van der Waals surface area (Å²) >= 11 is 1.66. The Labute approximate surface area is 173 Å². The van der Waals surface area contributed by atoms with E-state index in [4.69, 9.17) is 0 Å². The number of hydrogen-bond donors (Lipinski definition) is 0. The molecular weight excluding hydrogens is 364 g/mol. The number of allylic oxidation sites excluding steroid dienone is 2. The average Bonchev–Trinajstić information content (AvgIpc) is 2.75. The van der Waals surface area contributed by atoms with Gasteiger partial charge < -0.3 is 0 Å². The van der Waals surface area contributed by atoms with Crippen molar-refractivity contribution >= 4 is 23.3 Å². The zero-order chi connectivity index (χ0) is 20.4. The molecule has 2 aromatic rings. The van der Waals surface area contributed by atoms with Gasteiger partial charge in [0.15, 0.2) is 11.6 Å². The van der Waals surface area contributed by atoms with Crippen LogP contribution in [0.25, 0.3) is 0 Å². The van der Waals surface area contributed by atoms with Crippen LogP contribution in [0, 0.1) is 5.92 Å². The maximum absolute atomic E-state index is 13.1. The monoisotopic (exact) mass is 394 g/mol. The lowest BCUT2D eigenvalue weighted by Gasteiger charge is -2.12. The van der Waals surface area contributed by atoms with Gasteiger partial charge in [-0.25, -0.2) is 0 Å². The van der Waals surface area contributed by atoms with Gasteiger partial charge in [-0.2, -0.15) is 0 Å². The highest BCUT2D eigenvalue weighted by Gasteiger charge is 2.18. The fourth-order valence-corrected chi connectivity index (χ4v) is 3.59. The SMILES string of the molecule is CCCCCCC(=CC(C)C(=O)c1ccccc1)C(=O)c1ccc(SC)cc1. The van der Waals surface area contributed by atoms with E-state index in [9.17, 15) is 9.59 Å². The fraction of sp³-hybridized carbons (Fsp3) is 0.360. The van der Waals surface area contributed by atoms with Crippen LogP contribution in [0.3, 0.4) is 0 Å². The number of benzene rings is 2. The summed E-state index contributed by atoms with van der Waals surface area (Å²) in [7, 11) is 0. The van der Waals surface area contributed by atoms with Gasteiger partial charge in [0.2, 0.25) is 0 Å². The lowest BCUT2D eigenvalue weighted by Crippen LogP contribution is -2.12. The van der Waals surface area contributed by atoms with E-state index in [1.54, 1.807) is 11.8 Å². The molecule has 0 fully saturated rings. The van der Waals surface area contributed by atoms with Crippen molar-refractivity contribution in [3.63, 3.8) is 0 Å². The zero-order valence-electron chi connectivity index (χ0n) is 17.1. The summed E-state index contributed by atoms with van der Waals surface area (Å²) in [6.07, 6.45) is 9.02. The second kappa shape index (κ2) is 11.7. The molecule has 0 aliphatic carbocycles. The van der Waals surface area contributed by atoms with Crippen molar-refractivity contribution in [2.75, 3.05) is 6.26 Å². The molecule has 0 saturated carbocycles. The van der Waals surface area contributed by atoms with E-state index in [2.05, 4.69) is 6.92 Å². The minimum absolute atomic E-state index is 0.0388. The summed E-state index contributed by atoms with van der Waals surface area (Å²) in [4.78, 5) is 27.0. The lowest BCUT2D eigenvalue weighted by atomic mass is 9.91. The van der Waals surface area contributed by atoms with Crippen LogP contribution < -0.4 is 0 Å². The first kappa shape index (κ1) is 22.2. The first-order valence-electron chi connectivity index (χ1n) is 10.1. The predicted molar refractivity (Wildman–Crippen MR) is 119 cm³/mol. The van der Waals surface area contributed by atoms with E-state index < -0.39 is 0 Å². The number of hydrogen-bond acceptors (Lipinski definition) is 3. The van der Waals surface area contributed by atoms with Crippen LogP contribution in [0.4, 0.5) is 0 Å². The van der Waals surface area contributed by atoms with Gasteiger partial charge in [-0.3, -0.25) is 9.59 Å². The van der Waals surface area contributed by atoms with Crippen molar-refractivity contribution in [3.05, 3.63) is 77.4 Å². The van der Waals surface area contributed by atoms with Gasteiger partial charge in [0.05, 0.1) is 0 Å². The summed E-state index contributed by atoms with van der Waals surface area (Å²) in [6, 6.07) is 17.0. The molecule has 0 radical (unpaired) electrons. The van der Waals surface area contributed by atoms with Crippen LogP contribution in [0.2, 0.25) is 0 Å². The predicted octanol–water partition coefficient (Wildman–Crippen LogP) is 7.01. The first-order chi connectivity index (χ1) is 13.6. The van der Waals surface area contributed by atoms with E-state index in [1.165, 1.54) is 6.42 Å². The highest BCUT2D eigenvalue weighted by molar-refractivity contribution is 7.98. The highest BCUT2D eigenvalue weighted by Crippen LogP contribution is 2.22. The number of rotatable bonds is 11. The Morgan fingerprint density at radius 2 is 1.61 bits per heavy atom. The topological polar surface area (TPSA) is 34.1 Å². The van der Waals surface area contributed by atoms with Crippen molar-refractivity contribution in [1.29, 1.82) is 0 Å². The Morgan fingerprint density at radius 3 is 2.21 bits per heavy atom. The summed E-state index contributed by atoms with van der Waals surface area (Å²) in [6.45, 7) is 4.06. The third-order valence-corrected chi connectivity index (χ3v) is 5.61. The van der Waals surface area contributed by atoms with Crippen LogP contribution in [0.1, 0.15) is 66.7 Å². The molecule has 0 aliphatic heterocycles. The molecule has 1 atom stereocenters. The molecule has 2 aromatic carbocycles. The summed E-state index contributed by atoms with van der Waals surface area (Å²) < 4.78 is 0. The van der Waals surface area contributed by atoms with Gasteiger partial charge >= 0.3 is 0 Å². The van der Waals surface area contributed by atoms with Crippen LogP contribution in [-0.4, -0.2) is 17.8 Å². The zero-order valence-corrected chi connectivity index (χ0v) is 17.9. The lowest BCUT2D eigenvalue weighted by molar-refractivity contribution is 0.0952. The van der Waals surface area contributed by atoms with E-state index in [1.807, 2.05) is 73.9 Å². The Balaban J connectivity index is 2.22. The maximum Gasteiger partial charge on any atom is 0.188 e. The quantitative estimate of drug-likeness (QED) is 0.178. The second-order valence-electron chi connectivity index (χ2n) is 7.08. The maximum atomic E-state index is 13.1. The number of carbonyl (C=O) groups is 2. The molecule has 0 N–H and O–H groups in total. The number of carbonyl (C=O) groups excluding carboxylic acids is 2. The van der Waals surface area contributed by atoms with E-state index in [-0.39, 0.29) is 17.5 Å². The highest BCUT2D eigenvalue weighted by atomic mass is 32.2. The van der Waals surface area contributed by atoms with Crippen molar-refractivity contribution in [3.8, 4) is 0 Å². The molecule has 28 heavy (non-hydrogen) atoms. The van der Waals surface area contributed by atoms with E-state index in [0.717, 1.165) is 36.2 Å². The Hall–Kier alpha value is -2.13. The first-order valence-corrected chi connectivity index (χ1v) is 11.3. The summed E-state index contributed by atoms with van der Waals surface area (Å²) in [5, 5.41) is 0. The van der Waals surface area contributed by atoms with Crippen LogP contribution >= 0.6 is 11.8 Å². The van der Waals surface area contributed by atoms with Gasteiger partial charge in [-0.05, 0) is 48.9 Å². The van der Waals surface area contributed by atoms with E-state index in [0.29, 0.717) is 11.1 Å². The molecule has 0 heterocycles. The summed E-state index contributed by atoms with van der Waals surface area (Å²) in [5.41, 5.74) is 2.14. The van der Waals surface area contributed by atoms with Gasteiger partial charge in [-0.1, -0.05) is 69.5 Å². The molecule has 0 bridgehead atoms. The smallest absolute Gasteiger partial charge is 0.188 e. The third kappa shape index (κ3) is 6.49. The van der Waals surface area contributed by atoms with Gasteiger partial charge in [-0.15, -0.1) is 11.8 Å². The number of ketones is 2. The molecular formula is C25H30O2S. The molecule has 1 unspecified atom stereocenters. The molecule has 0 saturated heterocycles. The molecule has 148 valence electrons. The fourth-order valence-electron chi connectivity index (χ4n) is 3.19. The average molecular weight is 395 g/mol. The summed E-state index contributed by atoms with van der Waals surface area (Å²) in [5.74, 6) is -0.230. The Morgan fingerprint density at radius 1 is 0.929 bits per heavy atom. The molecule has 3 heteroatoms. The van der Waals surface area contributed by atoms with Crippen molar-refractivity contribution in [2.45, 2.75) is 50.8 Å². The third-order valence-electron chi connectivity index (χ3n) is 4.87. The largest absolute Gasteiger partial charge is 0.294 e.